The minimum absolute atomic E-state index is 0.0132. The lowest BCUT2D eigenvalue weighted by Crippen LogP contribution is -2.43. The molecule has 6 heteroatoms. The van der Waals surface area contributed by atoms with Crippen LogP contribution in [0.3, 0.4) is 0 Å². The van der Waals surface area contributed by atoms with Crippen LogP contribution in [0, 0.1) is 0 Å². The summed E-state index contributed by atoms with van der Waals surface area (Å²) in [5, 5.41) is 12.3. The second kappa shape index (κ2) is 8.98. The van der Waals surface area contributed by atoms with Gasteiger partial charge in [-0.2, -0.15) is 0 Å². The van der Waals surface area contributed by atoms with Crippen LogP contribution in [0.2, 0.25) is 0 Å². The fourth-order valence-corrected chi connectivity index (χ4v) is 2.68. The molecule has 0 saturated carbocycles. The number of likely N-dealkylation sites (N-methyl/N-ethyl adjacent to an activating group) is 1. The zero-order valence-electron chi connectivity index (χ0n) is 15.7. The van der Waals surface area contributed by atoms with Gasteiger partial charge in [-0.1, -0.05) is 30.3 Å². The number of carbonyl (C=O) groups excluding carboxylic acids is 2. The quantitative estimate of drug-likeness (QED) is 0.786. The Hall–Kier alpha value is -3.15. The number of amides is 2. The van der Waals surface area contributed by atoms with Crippen molar-refractivity contribution in [1.82, 2.24) is 10.2 Å². The summed E-state index contributed by atoms with van der Waals surface area (Å²) in [5.41, 5.74) is 1.62. The van der Waals surface area contributed by atoms with E-state index in [1.54, 1.807) is 12.1 Å². The Morgan fingerprint density at radius 1 is 0.963 bits per heavy atom. The van der Waals surface area contributed by atoms with E-state index in [2.05, 4.69) is 5.32 Å². The Morgan fingerprint density at radius 3 is 2.04 bits per heavy atom. The third kappa shape index (κ3) is 5.41. The third-order valence-corrected chi connectivity index (χ3v) is 4.16. The van der Waals surface area contributed by atoms with Crippen molar-refractivity contribution in [2.75, 3.05) is 7.05 Å². The molecule has 2 amide bonds. The second-order valence-electron chi connectivity index (χ2n) is 6.67. The maximum Gasteiger partial charge on any atom is 0.326 e. The van der Waals surface area contributed by atoms with Crippen molar-refractivity contribution in [3.8, 4) is 0 Å². The van der Waals surface area contributed by atoms with Gasteiger partial charge in [-0.05, 0) is 43.7 Å². The van der Waals surface area contributed by atoms with E-state index in [0.717, 1.165) is 5.56 Å². The van der Waals surface area contributed by atoms with Crippen LogP contribution in [0.15, 0.2) is 54.6 Å². The zero-order chi connectivity index (χ0) is 20.0. The standard InChI is InChI=1S/C21H24N2O4/c1-14(2)22-19(24)16-9-11-17(12-10-16)20(25)23(3)18(21(26)27)13-15-7-5-4-6-8-15/h4-12,14,18H,13H2,1-3H3,(H,22,24)(H,26,27). The molecule has 1 atom stereocenters. The van der Waals surface area contributed by atoms with Gasteiger partial charge in [0.05, 0.1) is 0 Å². The second-order valence-corrected chi connectivity index (χ2v) is 6.67. The number of rotatable bonds is 7. The van der Waals surface area contributed by atoms with Crippen molar-refractivity contribution in [3.63, 3.8) is 0 Å². The zero-order valence-corrected chi connectivity index (χ0v) is 15.7. The van der Waals surface area contributed by atoms with Crippen LogP contribution in [0.4, 0.5) is 0 Å². The van der Waals surface area contributed by atoms with Crippen molar-refractivity contribution < 1.29 is 19.5 Å². The lowest BCUT2D eigenvalue weighted by molar-refractivity contribution is -0.141. The maximum absolute atomic E-state index is 12.7. The molecule has 0 aromatic heterocycles. The molecular weight excluding hydrogens is 344 g/mol. The molecule has 0 aliphatic heterocycles. The number of aliphatic carboxylic acids is 1. The van der Waals surface area contributed by atoms with Gasteiger partial charge in [0.1, 0.15) is 6.04 Å². The number of nitrogens with one attached hydrogen (secondary N) is 1. The van der Waals surface area contributed by atoms with Gasteiger partial charge in [0.15, 0.2) is 0 Å². The molecule has 2 rings (SSSR count). The van der Waals surface area contributed by atoms with E-state index >= 15 is 0 Å². The van der Waals surface area contributed by atoms with Gasteiger partial charge in [0, 0.05) is 30.6 Å². The van der Waals surface area contributed by atoms with Crippen LogP contribution in [0.25, 0.3) is 0 Å². The summed E-state index contributed by atoms with van der Waals surface area (Å²) in [5.74, 6) is -1.69. The van der Waals surface area contributed by atoms with Crippen molar-refractivity contribution in [2.24, 2.45) is 0 Å². The number of carboxylic acid groups (broad SMARTS) is 1. The van der Waals surface area contributed by atoms with Gasteiger partial charge in [-0.3, -0.25) is 9.59 Å². The Morgan fingerprint density at radius 2 is 1.52 bits per heavy atom. The molecule has 2 N–H and O–H groups in total. The van der Waals surface area contributed by atoms with Crippen molar-refractivity contribution >= 4 is 17.8 Å². The van der Waals surface area contributed by atoms with Gasteiger partial charge in [0.25, 0.3) is 11.8 Å². The lowest BCUT2D eigenvalue weighted by atomic mass is 10.0. The van der Waals surface area contributed by atoms with Crippen LogP contribution < -0.4 is 5.32 Å². The van der Waals surface area contributed by atoms with Crippen molar-refractivity contribution in [3.05, 3.63) is 71.3 Å². The van der Waals surface area contributed by atoms with Gasteiger partial charge in [0.2, 0.25) is 0 Å². The molecular formula is C21H24N2O4. The molecule has 142 valence electrons. The summed E-state index contributed by atoms with van der Waals surface area (Å²) < 4.78 is 0. The number of nitrogens with zero attached hydrogens (tertiary/aromatic N) is 1. The molecule has 0 bridgehead atoms. The Kier molecular flexibility index (Phi) is 6.71. The molecule has 6 nitrogen and oxygen atoms in total. The van der Waals surface area contributed by atoms with E-state index in [-0.39, 0.29) is 18.4 Å². The predicted molar refractivity (Wildman–Crippen MR) is 103 cm³/mol. The van der Waals surface area contributed by atoms with Crippen molar-refractivity contribution in [2.45, 2.75) is 32.4 Å². The highest BCUT2D eigenvalue weighted by Crippen LogP contribution is 2.13. The molecule has 2 aromatic rings. The first kappa shape index (κ1) is 20.2. The van der Waals surface area contributed by atoms with Crippen molar-refractivity contribution in [1.29, 1.82) is 0 Å². The molecule has 27 heavy (non-hydrogen) atoms. The van der Waals surface area contributed by atoms with Crippen LogP contribution in [-0.2, 0) is 11.2 Å². The summed E-state index contributed by atoms with van der Waals surface area (Å²) in [6.07, 6.45) is 0.216. The molecule has 0 saturated heterocycles. The number of hydrogen-bond donors (Lipinski definition) is 2. The summed E-state index contributed by atoms with van der Waals surface area (Å²) in [4.78, 5) is 37.6. The summed E-state index contributed by atoms with van der Waals surface area (Å²) in [6.45, 7) is 3.73. The van der Waals surface area contributed by atoms with Crippen LogP contribution in [0.1, 0.15) is 40.1 Å². The van der Waals surface area contributed by atoms with Crippen LogP contribution >= 0.6 is 0 Å². The van der Waals surface area contributed by atoms with Gasteiger partial charge in [-0.25, -0.2) is 4.79 Å². The Labute approximate surface area is 158 Å². The topological polar surface area (TPSA) is 86.7 Å². The predicted octanol–water partition coefficient (Wildman–Crippen LogP) is 2.59. The molecule has 0 aliphatic rings. The largest absolute Gasteiger partial charge is 0.480 e. The highest BCUT2D eigenvalue weighted by atomic mass is 16.4. The molecule has 0 aliphatic carbocycles. The Balaban J connectivity index is 2.14. The van der Waals surface area contributed by atoms with Gasteiger partial charge in [-0.15, -0.1) is 0 Å². The van der Waals surface area contributed by atoms with E-state index < -0.39 is 17.9 Å². The lowest BCUT2D eigenvalue weighted by Gasteiger charge is -2.25. The highest BCUT2D eigenvalue weighted by Gasteiger charge is 2.27. The fraction of sp³-hybridized carbons (Fsp3) is 0.286. The number of benzene rings is 2. The van der Waals surface area contributed by atoms with Crippen LogP contribution in [0.5, 0.6) is 0 Å². The molecule has 0 fully saturated rings. The average Bonchev–Trinajstić information content (AvgIpc) is 2.65. The van der Waals surface area contributed by atoms with Gasteiger partial charge >= 0.3 is 5.97 Å². The first-order valence-corrected chi connectivity index (χ1v) is 8.74. The monoisotopic (exact) mass is 368 g/mol. The Bertz CT molecular complexity index is 801. The molecule has 0 heterocycles. The number of hydrogen-bond acceptors (Lipinski definition) is 3. The first-order valence-electron chi connectivity index (χ1n) is 8.74. The third-order valence-electron chi connectivity index (χ3n) is 4.16. The fourth-order valence-electron chi connectivity index (χ4n) is 2.68. The minimum Gasteiger partial charge on any atom is -0.480 e. The highest BCUT2D eigenvalue weighted by molar-refractivity contribution is 5.99. The summed E-state index contributed by atoms with van der Waals surface area (Å²) >= 11 is 0. The van der Waals surface area contributed by atoms with E-state index in [0.29, 0.717) is 11.1 Å². The number of carboxylic acids is 1. The van der Waals surface area contributed by atoms with Gasteiger partial charge < -0.3 is 15.3 Å². The molecule has 0 spiro atoms. The average molecular weight is 368 g/mol. The molecule has 1 unspecified atom stereocenters. The molecule has 2 aromatic carbocycles. The van der Waals surface area contributed by atoms with E-state index in [1.165, 1.54) is 24.1 Å². The SMILES string of the molecule is CC(C)NC(=O)c1ccc(C(=O)N(C)C(Cc2ccccc2)C(=O)O)cc1. The van der Waals surface area contributed by atoms with Crippen LogP contribution in [-0.4, -0.2) is 46.9 Å². The smallest absolute Gasteiger partial charge is 0.326 e. The van der Waals surface area contributed by atoms with E-state index in [1.807, 2.05) is 44.2 Å². The number of carbonyl (C=O) groups is 3. The maximum atomic E-state index is 12.7. The summed E-state index contributed by atoms with van der Waals surface area (Å²) in [7, 11) is 1.48. The summed E-state index contributed by atoms with van der Waals surface area (Å²) in [6, 6.07) is 14.4. The molecule has 0 radical (unpaired) electrons. The first-order chi connectivity index (χ1) is 12.8. The normalized spacial score (nSPS) is 11.7. The van der Waals surface area contributed by atoms with E-state index in [9.17, 15) is 19.5 Å². The minimum atomic E-state index is -1.07. The van der Waals surface area contributed by atoms with E-state index in [4.69, 9.17) is 0 Å².